The van der Waals surface area contributed by atoms with Gasteiger partial charge in [0.2, 0.25) is 0 Å². The molecule has 132 valence electrons. The van der Waals surface area contributed by atoms with Gasteiger partial charge in [0.15, 0.2) is 0 Å². The molecule has 0 saturated carbocycles. The van der Waals surface area contributed by atoms with E-state index in [9.17, 15) is 13.6 Å². The number of nitrogens with one attached hydrogen (secondary N) is 2. The van der Waals surface area contributed by atoms with Crippen molar-refractivity contribution in [3.05, 3.63) is 65.2 Å². The average molecular weight is 346 g/mol. The van der Waals surface area contributed by atoms with E-state index >= 15 is 0 Å². The molecule has 1 aliphatic rings. The number of hydrogen-bond acceptors (Lipinski definition) is 3. The first-order valence-corrected chi connectivity index (χ1v) is 8.30. The summed E-state index contributed by atoms with van der Waals surface area (Å²) in [6.45, 7) is 1.98. The zero-order chi connectivity index (χ0) is 17.6. The number of rotatable bonds is 5. The third kappa shape index (κ3) is 4.76. The Morgan fingerprint density at radius 3 is 2.72 bits per heavy atom. The van der Waals surface area contributed by atoms with Crippen LogP contribution in [0.25, 0.3) is 0 Å². The predicted molar refractivity (Wildman–Crippen MR) is 91.7 cm³/mol. The second kappa shape index (κ2) is 8.07. The van der Waals surface area contributed by atoms with Crippen molar-refractivity contribution in [2.24, 2.45) is 0 Å². The molecule has 2 aromatic carbocycles. The highest BCUT2D eigenvalue weighted by atomic mass is 19.1. The molecule has 25 heavy (non-hydrogen) atoms. The fourth-order valence-electron chi connectivity index (χ4n) is 2.92. The molecule has 0 radical (unpaired) electrons. The van der Waals surface area contributed by atoms with Crippen LogP contribution >= 0.6 is 0 Å². The normalized spacial score (nSPS) is 16.6. The van der Waals surface area contributed by atoms with E-state index in [0.717, 1.165) is 37.7 Å². The molecule has 1 amide bonds. The Hall–Kier alpha value is -2.47. The predicted octanol–water partition coefficient (Wildman–Crippen LogP) is 3.83. The summed E-state index contributed by atoms with van der Waals surface area (Å²) in [6, 6.07) is 10.9. The van der Waals surface area contributed by atoms with Crippen LogP contribution in [-0.2, 0) is 11.2 Å². The second-order valence-corrected chi connectivity index (χ2v) is 6.06. The number of carbonyl (C=O) groups excluding carboxylic acids is 1. The number of ether oxygens (including phenoxy) is 1. The summed E-state index contributed by atoms with van der Waals surface area (Å²) in [7, 11) is 0. The monoisotopic (exact) mass is 346 g/mol. The van der Waals surface area contributed by atoms with Gasteiger partial charge in [0, 0.05) is 18.7 Å². The van der Waals surface area contributed by atoms with Crippen molar-refractivity contribution >= 4 is 11.8 Å². The molecule has 1 fully saturated rings. The van der Waals surface area contributed by atoms with E-state index in [1.807, 2.05) is 24.3 Å². The van der Waals surface area contributed by atoms with Crippen LogP contribution in [-0.4, -0.2) is 25.8 Å². The highest BCUT2D eigenvalue weighted by molar-refractivity contribution is 5.84. The molecule has 1 saturated heterocycles. The first-order valence-electron chi connectivity index (χ1n) is 8.30. The molecule has 1 heterocycles. The summed E-state index contributed by atoms with van der Waals surface area (Å²) in [4.78, 5) is 11.8. The largest absolute Gasteiger partial charge is 0.449 e. The summed E-state index contributed by atoms with van der Waals surface area (Å²) in [5.41, 5.74) is 2.06. The van der Waals surface area contributed by atoms with Crippen molar-refractivity contribution in [2.45, 2.75) is 18.8 Å². The van der Waals surface area contributed by atoms with Gasteiger partial charge in [0.05, 0.1) is 6.61 Å². The molecular formula is C19H20F2N2O2. The molecule has 0 aliphatic carbocycles. The molecule has 1 atom stereocenters. The molecule has 2 N–H and O–H groups in total. The summed E-state index contributed by atoms with van der Waals surface area (Å²) in [5, 5.41) is 5.95. The molecule has 4 nitrogen and oxygen atoms in total. The highest BCUT2D eigenvalue weighted by Gasteiger charge is 2.16. The summed E-state index contributed by atoms with van der Waals surface area (Å²) in [5.74, 6) is -0.511. The van der Waals surface area contributed by atoms with Crippen LogP contribution < -0.4 is 10.6 Å². The molecule has 0 spiro atoms. The number of hydrogen-bond donors (Lipinski definition) is 2. The average Bonchev–Trinajstić information content (AvgIpc) is 3.13. The van der Waals surface area contributed by atoms with Gasteiger partial charge < -0.3 is 10.1 Å². The summed E-state index contributed by atoms with van der Waals surface area (Å²) in [6.07, 6.45) is 0.614. The molecule has 3 rings (SSSR count). The van der Waals surface area contributed by atoms with Crippen LogP contribution in [0.5, 0.6) is 0 Å². The van der Waals surface area contributed by atoms with Crippen LogP contribution in [0.2, 0.25) is 0 Å². The standard InChI is InChI=1S/C19H20F2N2O2/c20-16-3-6-18(21)14(11-16)8-10-25-19(24)23-17-4-1-13(2-5-17)15-7-9-22-12-15/h1-6,11,15,22H,7-10,12H2,(H,23,24). The molecule has 6 heteroatoms. The van der Waals surface area contributed by atoms with Gasteiger partial charge in [0.25, 0.3) is 0 Å². The lowest BCUT2D eigenvalue weighted by Crippen LogP contribution is -2.15. The van der Waals surface area contributed by atoms with Gasteiger partial charge in [-0.2, -0.15) is 0 Å². The Balaban J connectivity index is 1.46. The molecule has 2 aromatic rings. The summed E-state index contributed by atoms with van der Waals surface area (Å²) >= 11 is 0. The molecule has 0 aromatic heterocycles. The van der Waals surface area contributed by atoms with Crippen molar-refractivity contribution in [3.63, 3.8) is 0 Å². The van der Waals surface area contributed by atoms with Gasteiger partial charge >= 0.3 is 6.09 Å². The van der Waals surface area contributed by atoms with E-state index in [1.54, 1.807) is 0 Å². The fraction of sp³-hybridized carbons (Fsp3) is 0.316. The van der Waals surface area contributed by atoms with E-state index in [2.05, 4.69) is 10.6 Å². The van der Waals surface area contributed by atoms with Gasteiger partial charge in [-0.3, -0.25) is 5.32 Å². The Labute approximate surface area is 145 Å². The van der Waals surface area contributed by atoms with E-state index < -0.39 is 17.7 Å². The lowest BCUT2D eigenvalue weighted by atomic mass is 9.98. The first kappa shape index (κ1) is 17.4. The van der Waals surface area contributed by atoms with Crippen LogP contribution in [0.4, 0.5) is 19.3 Å². The van der Waals surface area contributed by atoms with Gasteiger partial charge in [0.1, 0.15) is 11.6 Å². The minimum atomic E-state index is -0.618. The van der Waals surface area contributed by atoms with Gasteiger partial charge in [-0.25, -0.2) is 13.6 Å². The smallest absolute Gasteiger partial charge is 0.411 e. The van der Waals surface area contributed by atoms with Crippen LogP contribution in [0.3, 0.4) is 0 Å². The maximum atomic E-state index is 13.5. The van der Waals surface area contributed by atoms with Crippen molar-refractivity contribution in [1.82, 2.24) is 5.32 Å². The van der Waals surface area contributed by atoms with Gasteiger partial charge in [-0.05, 0) is 60.3 Å². The second-order valence-electron chi connectivity index (χ2n) is 6.06. The minimum absolute atomic E-state index is 0.0297. The van der Waals surface area contributed by atoms with Gasteiger partial charge in [-0.15, -0.1) is 0 Å². The van der Waals surface area contributed by atoms with E-state index in [0.29, 0.717) is 11.6 Å². The van der Waals surface area contributed by atoms with Crippen molar-refractivity contribution in [2.75, 3.05) is 25.0 Å². The summed E-state index contributed by atoms with van der Waals surface area (Å²) < 4.78 is 31.6. The maximum Gasteiger partial charge on any atom is 0.411 e. The van der Waals surface area contributed by atoms with E-state index in [1.165, 1.54) is 5.56 Å². The number of amides is 1. The van der Waals surface area contributed by atoms with E-state index in [-0.39, 0.29) is 18.6 Å². The lowest BCUT2D eigenvalue weighted by molar-refractivity contribution is 0.162. The number of halogens is 2. The van der Waals surface area contributed by atoms with E-state index in [4.69, 9.17) is 4.74 Å². The Bertz CT molecular complexity index is 729. The molecule has 0 bridgehead atoms. The van der Waals surface area contributed by atoms with Gasteiger partial charge in [-0.1, -0.05) is 12.1 Å². The number of benzene rings is 2. The first-order chi connectivity index (χ1) is 12.1. The fourth-order valence-corrected chi connectivity index (χ4v) is 2.92. The Morgan fingerprint density at radius 1 is 1.20 bits per heavy atom. The number of carbonyl (C=O) groups is 1. The zero-order valence-corrected chi connectivity index (χ0v) is 13.7. The Morgan fingerprint density at radius 2 is 2.00 bits per heavy atom. The van der Waals surface area contributed by atoms with Crippen molar-refractivity contribution in [1.29, 1.82) is 0 Å². The van der Waals surface area contributed by atoms with Crippen LogP contribution in [0.1, 0.15) is 23.5 Å². The third-order valence-electron chi connectivity index (χ3n) is 4.30. The third-order valence-corrected chi connectivity index (χ3v) is 4.30. The topological polar surface area (TPSA) is 50.4 Å². The van der Waals surface area contributed by atoms with Crippen LogP contribution in [0.15, 0.2) is 42.5 Å². The van der Waals surface area contributed by atoms with Crippen molar-refractivity contribution < 1.29 is 18.3 Å². The highest BCUT2D eigenvalue weighted by Crippen LogP contribution is 2.23. The Kier molecular flexibility index (Phi) is 5.60. The minimum Gasteiger partial charge on any atom is -0.449 e. The maximum absolute atomic E-state index is 13.5. The lowest BCUT2D eigenvalue weighted by Gasteiger charge is -2.11. The number of anilines is 1. The molecule has 1 aliphatic heterocycles. The van der Waals surface area contributed by atoms with Crippen molar-refractivity contribution in [3.8, 4) is 0 Å². The quantitative estimate of drug-likeness (QED) is 0.865. The molecule has 1 unspecified atom stereocenters. The van der Waals surface area contributed by atoms with Crippen LogP contribution in [0, 0.1) is 11.6 Å². The SMILES string of the molecule is O=C(Nc1ccc(C2CCNC2)cc1)OCCc1cc(F)ccc1F. The molecular weight excluding hydrogens is 326 g/mol. The zero-order valence-electron chi connectivity index (χ0n) is 13.7.